The molecule has 2 heterocycles. The molecule has 1 unspecified atom stereocenters. The third kappa shape index (κ3) is 2.85. The van der Waals surface area contributed by atoms with Crippen molar-refractivity contribution in [2.24, 2.45) is 0 Å². The van der Waals surface area contributed by atoms with Crippen LogP contribution in [0.1, 0.15) is 31.0 Å². The topological polar surface area (TPSA) is 50.2 Å². The maximum absolute atomic E-state index is 11.5. The van der Waals surface area contributed by atoms with Crippen LogP contribution < -0.4 is 5.32 Å². The molecule has 5 nitrogen and oxygen atoms in total. The first-order valence-electron chi connectivity index (χ1n) is 6.12. The van der Waals surface area contributed by atoms with Gasteiger partial charge in [-0.15, -0.1) is 0 Å². The lowest BCUT2D eigenvalue weighted by Crippen LogP contribution is -2.24. The SMILES string of the molecule is CN(C)C(=O)CCn1cncc1C1CCCN1. The summed E-state index contributed by atoms with van der Waals surface area (Å²) in [5.74, 6) is 0.157. The normalized spacial score (nSPS) is 19.5. The van der Waals surface area contributed by atoms with Gasteiger partial charge >= 0.3 is 0 Å². The molecule has 0 spiro atoms. The molecule has 1 aromatic rings. The standard InChI is InChI=1S/C12H20N4O/c1-15(2)12(17)5-7-16-9-13-8-11(16)10-4-3-6-14-10/h8-10,14H,3-7H2,1-2H3. The van der Waals surface area contributed by atoms with Crippen molar-refractivity contribution in [3.63, 3.8) is 0 Å². The molecule has 1 aliphatic rings. The Hall–Kier alpha value is -1.36. The summed E-state index contributed by atoms with van der Waals surface area (Å²) in [6, 6.07) is 0.409. The monoisotopic (exact) mass is 236 g/mol. The summed E-state index contributed by atoms with van der Waals surface area (Å²) in [6.45, 7) is 1.79. The Labute approximate surface area is 102 Å². The smallest absolute Gasteiger partial charge is 0.223 e. The first kappa shape index (κ1) is 12.1. The minimum atomic E-state index is 0.157. The molecule has 0 radical (unpaired) electrons. The highest BCUT2D eigenvalue weighted by Gasteiger charge is 2.19. The largest absolute Gasteiger partial charge is 0.349 e. The number of rotatable bonds is 4. The number of hydrogen-bond donors (Lipinski definition) is 1. The van der Waals surface area contributed by atoms with Crippen molar-refractivity contribution in [3.05, 3.63) is 18.2 Å². The van der Waals surface area contributed by atoms with E-state index in [-0.39, 0.29) is 5.91 Å². The van der Waals surface area contributed by atoms with E-state index in [2.05, 4.69) is 14.9 Å². The Morgan fingerprint density at radius 1 is 1.65 bits per heavy atom. The molecular weight excluding hydrogens is 216 g/mol. The molecule has 1 saturated heterocycles. The predicted octanol–water partition coefficient (Wildman–Crippen LogP) is 0.786. The van der Waals surface area contributed by atoms with Gasteiger partial charge in [-0.05, 0) is 19.4 Å². The molecule has 0 bridgehead atoms. The molecular formula is C12H20N4O. The Bertz CT molecular complexity index is 380. The summed E-state index contributed by atoms with van der Waals surface area (Å²) in [4.78, 5) is 17.4. The Morgan fingerprint density at radius 3 is 3.12 bits per heavy atom. The van der Waals surface area contributed by atoms with Crippen LogP contribution in [0.25, 0.3) is 0 Å². The maximum Gasteiger partial charge on any atom is 0.223 e. The highest BCUT2D eigenvalue weighted by molar-refractivity contribution is 5.75. The molecule has 5 heteroatoms. The molecule has 0 aliphatic carbocycles. The fourth-order valence-corrected chi connectivity index (χ4v) is 2.18. The van der Waals surface area contributed by atoms with Gasteiger partial charge in [0.25, 0.3) is 0 Å². The van der Waals surface area contributed by atoms with Gasteiger partial charge in [0, 0.05) is 39.3 Å². The van der Waals surface area contributed by atoms with E-state index < -0.39 is 0 Å². The molecule has 1 amide bonds. The number of aromatic nitrogens is 2. The number of carbonyl (C=O) groups excluding carboxylic acids is 1. The number of carbonyl (C=O) groups is 1. The minimum absolute atomic E-state index is 0.157. The van der Waals surface area contributed by atoms with Gasteiger partial charge in [-0.2, -0.15) is 0 Å². The van der Waals surface area contributed by atoms with Crippen LogP contribution in [-0.4, -0.2) is 41.0 Å². The van der Waals surface area contributed by atoms with Gasteiger partial charge in [-0.25, -0.2) is 4.98 Å². The van der Waals surface area contributed by atoms with E-state index >= 15 is 0 Å². The lowest BCUT2D eigenvalue weighted by atomic mass is 10.2. The van der Waals surface area contributed by atoms with Crippen molar-refractivity contribution in [3.8, 4) is 0 Å². The average Bonchev–Trinajstić information content (AvgIpc) is 2.95. The summed E-state index contributed by atoms with van der Waals surface area (Å²) >= 11 is 0. The summed E-state index contributed by atoms with van der Waals surface area (Å²) in [6.07, 6.45) is 6.63. The quantitative estimate of drug-likeness (QED) is 0.840. The van der Waals surface area contributed by atoms with E-state index in [1.165, 1.54) is 12.1 Å². The summed E-state index contributed by atoms with van der Waals surface area (Å²) in [5.41, 5.74) is 1.20. The fraction of sp³-hybridized carbons (Fsp3) is 0.667. The minimum Gasteiger partial charge on any atom is -0.349 e. The summed E-state index contributed by atoms with van der Waals surface area (Å²) < 4.78 is 2.09. The Morgan fingerprint density at radius 2 is 2.47 bits per heavy atom. The summed E-state index contributed by atoms with van der Waals surface area (Å²) in [7, 11) is 3.57. The Balaban J connectivity index is 1.96. The number of nitrogens with one attached hydrogen (secondary N) is 1. The van der Waals surface area contributed by atoms with Gasteiger partial charge in [0.2, 0.25) is 5.91 Å². The van der Waals surface area contributed by atoms with Crippen LogP contribution in [-0.2, 0) is 11.3 Å². The van der Waals surface area contributed by atoms with Crippen LogP contribution in [0.15, 0.2) is 12.5 Å². The van der Waals surface area contributed by atoms with Crippen LogP contribution in [0, 0.1) is 0 Å². The highest BCUT2D eigenvalue weighted by atomic mass is 16.2. The third-order valence-corrected chi connectivity index (χ3v) is 3.23. The van der Waals surface area contributed by atoms with Crippen molar-refractivity contribution < 1.29 is 4.79 Å². The molecule has 1 N–H and O–H groups in total. The zero-order chi connectivity index (χ0) is 12.3. The van der Waals surface area contributed by atoms with Gasteiger partial charge in [0.1, 0.15) is 0 Å². The third-order valence-electron chi connectivity index (χ3n) is 3.23. The molecule has 1 aromatic heterocycles. The van der Waals surface area contributed by atoms with Crippen molar-refractivity contribution in [1.29, 1.82) is 0 Å². The van der Waals surface area contributed by atoms with E-state index in [0.29, 0.717) is 19.0 Å². The van der Waals surface area contributed by atoms with Crippen LogP contribution in [0.3, 0.4) is 0 Å². The van der Waals surface area contributed by atoms with Crippen LogP contribution in [0.5, 0.6) is 0 Å². The maximum atomic E-state index is 11.5. The van der Waals surface area contributed by atoms with Crippen LogP contribution >= 0.6 is 0 Å². The molecule has 17 heavy (non-hydrogen) atoms. The molecule has 2 rings (SSSR count). The average molecular weight is 236 g/mol. The van der Waals surface area contributed by atoms with Gasteiger partial charge in [-0.1, -0.05) is 0 Å². The van der Waals surface area contributed by atoms with Crippen LogP contribution in [0.2, 0.25) is 0 Å². The van der Waals surface area contributed by atoms with Gasteiger partial charge in [0.15, 0.2) is 0 Å². The number of amides is 1. The molecule has 1 fully saturated rings. The van der Waals surface area contributed by atoms with Crippen molar-refractivity contribution in [2.45, 2.75) is 31.8 Å². The van der Waals surface area contributed by atoms with Crippen molar-refractivity contribution in [2.75, 3.05) is 20.6 Å². The molecule has 1 atom stereocenters. The lowest BCUT2D eigenvalue weighted by molar-refractivity contribution is -0.128. The van der Waals surface area contributed by atoms with E-state index in [1.54, 1.807) is 19.0 Å². The zero-order valence-corrected chi connectivity index (χ0v) is 10.5. The van der Waals surface area contributed by atoms with E-state index in [9.17, 15) is 4.79 Å². The second-order valence-electron chi connectivity index (χ2n) is 4.70. The zero-order valence-electron chi connectivity index (χ0n) is 10.5. The second kappa shape index (κ2) is 5.31. The highest BCUT2D eigenvalue weighted by Crippen LogP contribution is 2.22. The number of hydrogen-bond acceptors (Lipinski definition) is 3. The molecule has 0 saturated carbocycles. The van der Waals surface area contributed by atoms with E-state index in [1.807, 2.05) is 12.5 Å². The van der Waals surface area contributed by atoms with Crippen molar-refractivity contribution in [1.82, 2.24) is 19.8 Å². The number of nitrogens with zero attached hydrogens (tertiary/aromatic N) is 3. The van der Waals surface area contributed by atoms with Gasteiger partial charge in [-0.3, -0.25) is 4.79 Å². The van der Waals surface area contributed by atoms with Gasteiger partial charge < -0.3 is 14.8 Å². The predicted molar refractivity (Wildman–Crippen MR) is 65.5 cm³/mol. The molecule has 1 aliphatic heterocycles. The van der Waals surface area contributed by atoms with Crippen molar-refractivity contribution >= 4 is 5.91 Å². The van der Waals surface area contributed by atoms with Gasteiger partial charge in [0.05, 0.1) is 12.0 Å². The fourth-order valence-electron chi connectivity index (χ4n) is 2.18. The second-order valence-corrected chi connectivity index (χ2v) is 4.70. The van der Waals surface area contributed by atoms with E-state index in [4.69, 9.17) is 0 Å². The molecule has 94 valence electrons. The molecule has 0 aromatic carbocycles. The lowest BCUT2D eigenvalue weighted by Gasteiger charge is -2.15. The van der Waals surface area contributed by atoms with Crippen LogP contribution in [0.4, 0.5) is 0 Å². The first-order chi connectivity index (χ1) is 8.18. The Kier molecular flexibility index (Phi) is 3.78. The van der Waals surface area contributed by atoms with E-state index in [0.717, 1.165) is 13.0 Å². The number of imidazole rings is 1. The number of aryl methyl sites for hydroxylation is 1. The summed E-state index contributed by atoms with van der Waals surface area (Å²) in [5, 5.41) is 3.45. The first-order valence-corrected chi connectivity index (χ1v) is 6.12.